The van der Waals surface area contributed by atoms with Gasteiger partial charge in [-0.05, 0) is 31.5 Å². The average molecular weight is 251 g/mol. The molecule has 0 aliphatic heterocycles. The fraction of sp³-hybridized carbons (Fsp3) is 0.167. The number of nitrogens with zero attached hydrogens (tertiary/aromatic N) is 1. The maximum atomic E-state index is 10.9. The molecule has 1 heterocycles. The maximum absolute atomic E-state index is 10.9. The average Bonchev–Trinajstić information content (AvgIpc) is 2.64. The number of halogens is 1. The van der Waals surface area contributed by atoms with Crippen molar-refractivity contribution in [1.29, 1.82) is 0 Å². The van der Waals surface area contributed by atoms with E-state index in [1.807, 2.05) is 19.1 Å². The molecule has 1 aromatic carbocycles. The van der Waals surface area contributed by atoms with Gasteiger partial charge in [0.25, 0.3) is 0 Å². The van der Waals surface area contributed by atoms with Crippen molar-refractivity contribution >= 4 is 17.6 Å². The number of nitrogens with one attached hydrogen (secondary N) is 1. The van der Waals surface area contributed by atoms with Gasteiger partial charge >= 0.3 is 5.97 Å². The SMILES string of the molecule is Cc1cc(-c2n[nH]c(C(=O)O)c2C)ccc1Cl. The standard InChI is InChI=1S/C12H11ClN2O2/c1-6-5-8(3-4-9(6)13)10-7(2)11(12(16)17)15-14-10/h3-5H,1-2H3,(H,14,15)(H,16,17). The van der Waals surface area contributed by atoms with Gasteiger partial charge < -0.3 is 5.11 Å². The molecule has 0 unspecified atom stereocenters. The highest BCUT2D eigenvalue weighted by atomic mass is 35.5. The van der Waals surface area contributed by atoms with Crippen LogP contribution in [0, 0.1) is 13.8 Å². The van der Waals surface area contributed by atoms with Gasteiger partial charge in [-0.3, -0.25) is 5.10 Å². The Morgan fingerprint density at radius 2 is 2.12 bits per heavy atom. The molecule has 1 aromatic heterocycles. The lowest BCUT2D eigenvalue weighted by Crippen LogP contribution is -1.98. The van der Waals surface area contributed by atoms with Gasteiger partial charge in [-0.1, -0.05) is 17.7 Å². The number of aryl methyl sites for hydroxylation is 1. The minimum absolute atomic E-state index is 0.118. The fourth-order valence-corrected chi connectivity index (χ4v) is 1.80. The van der Waals surface area contributed by atoms with Crippen molar-refractivity contribution in [3.8, 4) is 11.3 Å². The van der Waals surface area contributed by atoms with Gasteiger partial charge in [0.2, 0.25) is 0 Å². The first kappa shape index (κ1) is 11.7. The molecule has 2 N–H and O–H groups in total. The lowest BCUT2D eigenvalue weighted by molar-refractivity contribution is 0.0689. The molecule has 0 aliphatic carbocycles. The quantitative estimate of drug-likeness (QED) is 0.861. The first-order valence-corrected chi connectivity index (χ1v) is 5.43. The van der Waals surface area contributed by atoms with Gasteiger partial charge in [0.15, 0.2) is 0 Å². The van der Waals surface area contributed by atoms with E-state index in [1.165, 1.54) is 0 Å². The van der Waals surface area contributed by atoms with Crippen molar-refractivity contribution in [2.45, 2.75) is 13.8 Å². The number of rotatable bonds is 2. The zero-order valence-electron chi connectivity index (χ0n) is 9.41. The summed E-state index contributed by atoms with van der Waals surface area (Å²) in [5, 5.41) is 16.2. The van der Waals surface area contributed by atoms with Gasteiger partial charge in [0.1, 0.15) is 5.69 Å². The van der Waals surface area contributed by atoms with E-state index in [0.29, 0.717) is 16.3 Å². The number of carboxylic acids is 1. The van der Waals surface area contributed by atoms with Crippen molar-refractivity contribution in [3.05, 3.63) is 40.0 Å². The minimum Gasteiger partial charge on any atom is -0.477 e. The Labute approximate surface area is 103 Å². The summed E-state index contributed by atoms with van der Waals surface area (Å²) in [5.41, 5.74) is 3.17. The predicted octanol–water partition coefficient (Wildman–Crippen LogP) is 3.05. The van der Waals surface area contributed by atoms with Crippen LogP contribution in [-0.4, -0.2) is 21.3 Å². The predicted molar refractivity (Wildman–Crippen MR) is 65.5 cm³/mol. The second-order valence-electron chi connectivity index (χ2n) is 3.84. The Hall–Kier alpha value is -1.81. The topological polar surface area (TPSA) is 66.0 Å². The highest BCUT2D eigenvalue weighted by molar-refractivity contribution is 6.31. The molecule has 0 spiro atoms. The Bertz CT molecular complexity index is 590. The molecule has 88 valence electrons. The largest absolute Gasteiger partial charge is 0.477 e. The van der Waals surface area contributed by atoms with E-state index in [2.05, 4.69) is 10.2 Å². The van der Waals surface area contributed by atoms with Crippen LogP contribution in [0.25, 0.3) is 11.3 Å². The molecule has 5 heteroatoms. The first-order valence-electron chi connectivity index (χ1n) is 5.05. The number of aromatic nitrogens is 2. The molecule has 0 amide bonds. The van der Waals surface area contributed by atoms with Crippen LogP contribution >= 0.6 is 11.6 Å². The Kier molecular flexibility index (Phi) is 2.90. The van der Waals surface area contributed by atoms with Crippen molar-refractivity contribution in [1.82, 2.24) is 10.2 Å². The normalized spacial score (nSPS) is 10.5. The van der Waals surface area contributed by atoms with Crippen LogP contribution in [0.3, 0.4) is 0 Å². The summed E-state index contributed by atoms with van der Waals surface area (Å²) in [4.78, 5) is 10.9. The molecule has 0 radical (unpaired) electrons. The number of hydrogen-bond acceptors (Lipinski definition) is 2. The zero-order chi connectivity index (χ0) is 12.6. The van der Waals surface area contributed by atoms with Crippen molar-refractivity contribution in [2.75, 3.05) is 0 Å². The summed E-state index contributed by atoms with van der Waals surface area (Å²) in [6.07, 6.45) is 0. The van der Waals surface area contributed by atoms with Crippen LogP contribution in [0.15, 0.2) is 18.2 Å². The molecule has 0 aliphatic rings. The Morgan fingerprint density at radius 3 is 2.65 bits per heavy atom. The zero-order valence-corrected chi connectivity index (χ0v) is 10.2. The van der Waals surface area contributed by atoms with Crippen LogP contribution in [0.4, 0.5) is 0 Å². The van der Waals surface area contributed by atoms with Gasteiger partial charge in [0, 0.05) is 16.1 Å². The minimum atomic E-state index is -1.01. The molecule has 4 nitrogen and oxygen atoms in total. The number of carboxylic acid groups (broad SMARTS) is 1. The van der Waals surface area contributed by atoms with E-state index in [4.69, 9.17) is 16.7 Å². The lowest BCUT2D eigenvalue weighted by atomic mass is 10.0. The number of carbonyl (C=O) groups is 1. The number of H-pyrrole nitrogens is 1. The molecule has 0 saturated carbocycles. The van der Waals surface area contributed by atoms with E-state index in [-0.39, 0.29) is 5.69 Å². The van der Waals surface area contributed by atoms with E-state index in [1.54, 1.807) is 13.0 Å². The van der Waals surface area contributed by atoms with Crippen molar-refractivity contribution in [3.63, 3.8) is 0 Å². The Balaban J connectivity index is 2.53. The third kappa shape index (κ3) is 2.03. The lowest BCUT2D eigenvalue weighted by Gasteiger charge is -2.02. The third-order valence-electron chi connectivity index (χ3n) is 2.65. The van der Waals surface area contributed by atoms with Crippen LogP contribution in [0.1, 0.15) is 21.6 Å². The molecular weight excluding hydrogens is 240 g/mol. The molecular formula is C12H11ClN2O2. The molecule has 0 saturated heterocycles. The number of aromatic amines is 1. The van der Waals surface area contributed by atoms with Crippen LogP contribution < -0.4 is 0 Å². The molecule has 0 fully saturated rings. The monoisotopic (exact) mass is 250 g/mol. The smallest absolute Gasteiger partial charge is 0.354 e. The summed E-state index contributed by atoms with van der Waals surface area (Å²) in [5.74, 6) is -1.01. The molecule has 0 bridgehead atoms. The third-order valence-corrected chi connectivity index (χ3v) is 3.08. The van der Waals surface area contributed by atoms with E-state index >= 15 is 0 Å². The highest BCUT2D eigenvalue weighted by Crippen LogP contribution is 2.26. The second kappa shape index (κ2) is 4.22. The number of hydrogen-bond donors (Lipinski definition) is 2. The first-order chi connectivity index (χ1) is 8.00. The summed E-state index contributed by atoms with van der Waals surface area (Å²) in [6, 6.07) is 5.49. The van der Waals surface area contributed by atoms with Gasteiger partial charge in [0.05, 0.1) is 5.69 Å². The summed E-state index contributed by atoms with van der Waals surface area (Å²) < 4.78 is 0. The molecule has 2 aromatic rings. The van der Waals surface area contributed by atoms with E-state index in [0.717, 1.165) is 11.1 Å². The Morgan fingerprint density at radius 1 is 1.41 bits per heavy atom. The van der Waals surface area contributed by atoms with Crippen molar-refractivity contribution in [2.24, 2.45) is 0 Å². The van der Waals surface area contributed by atoms with Gasteiger partial charge in [-0.25, -0.2) is 4.79 Å². The van der Waals surface area contributed by atoms with E-state index < -0.39 is 5.97 Å². The highest BCUT2D eigenvalue weighted by Gasteiger charge is 2.16. The number of benzene rings is 1. The van der Waals surface area contributed by atoms with Crippen molar-refractivity contribution < 1.29 is 9.90 Å². The second-order valence-corrected chi connectivity index (χ2v) is 4.25. The molecule has 0 atom stereocenters. The van der Waals surface area contributed by atoms with Gasteiger partial charge in [-0.2, -0.15) is 5.10 Å². The van der Waals surface area contributed by atoms with Crippen LogP contribution in [-0.2, 0) is 0 Å². The number of aromatic carboxylic acids is 1. The van der Waals surface area contributed by atoms with Gasteiger partial charge in [-0.15, -0.1) is 0 Å². The van der Waals surface area contributed by atoms with Crippen LogP contribution in [0.2, 0.25) is 5.02 Å². The molecule has 17 heavy (non-hydrogen) atoms. The van der Waals surface area contributed by atoms with Crippen LogP contribution in [0.5, 0.6) is 0 Å². The fourth-order valence-electron chi connectivity index (χ4n) is 1.68. The van der Waals surface area contributed by atoms with E-state index in [9.17, 15) is 4.79 Å². The summed E-state index contributed by atoms with van der Waals surface area (Å²) >= 11 is 5.94. The summed E-state index contributed by atoms with van der Waals surface area (Å²) in [6.45, 7) is 3.62. The molecule has 2 rings (SSSR count). The summed E-state index contributed by atoms with van der Waals surface area (Å²) in [7, 11) is 0. The maximum Gasteiger partial charge on any atom is 0.354 e.